The van der Waals surface area contributed by atoms with Crippen LogP contribution in [-0.4, -0.2) is 36.5 Å². The first kappa shape index (κ1) is 14.1. The summed E-state index contributed by atoms with van der Waals surface area (Å²) in [7, 11) is 0. The smallest absolute Gasteiger partial charge is 0.254 e. The molecule has 0 aliphatic carbocycles. The van der Waals surface area contributed by atoms with Gasteiger partial charge in [0, 0.05) is 24.7 Å². The van der Waals surface area contributed by atoms with Gasteiger partial charge in [0.1, 0.15) is 0 Å². The zero-order chi connectivity index (χ0) is 13.7. The van der Waals surface area contributed by atoms with E-state index < -0.39 is 0 Å². The summed E-state index contributed by atoms with van der Waals surface area (Å²) in [4.78, 5) is 14.7. The van der Waals surface area contributed by atoms with Gasteiger partial charge in [-0.25, -0.2) is 0 Å². The monoisotopic (exact) mass is 260 g/mol. The van der Waals surface area contributed by atoms with Gasteiger partial charge in [-0.2, -0.15) is 0 Å². The molecule has 0 saturated carbocycles. The van der Waals surface area contributed by atoms with Crippen molar-refractivity contribution in [2.45, 2.75) is 39.2 Å². The second-order valence-corrected chi connectivity index (χ2v) is 5.37. The fraction of sp³-hybridized carbons (Fsp3) is 0.562. The number of rotatable bonds is 4. The molecular weight excluding hydrogens is 236 g/mol. The van der Waals surface area contributed by atoms with Gasteiger partial charge in [0.15, 0.2) is 0 Å². The van der Waals surface area contributed by atoms with Gasteiger partial charge in [-0.3, -0.25) is 4.79 Å². The Kier molecular flexibility index (Phi) is 4.97. The topological polar surface area (TPSA) is 32.3 Å². The molecule has 1 aromatic carbocycles. The Morgan fingerprint density at radius 3 is 2.95 bits per heavy atom. The van der Waals surface area contributed by atoms with Crippen molar-refractivity contribution in [3.05, 3.63) is 35.4 Å². The van der Waals surface area contributed by atoms with Crippen LogP contribution in [0.15, 0.2) is 24.3 Å². The maximum Gasteiger partial charge on any atom is 0.254 e. The van der Waals surface area contributed by atoms with Gasteiger partial charge < -0.3 is 10.2 Å². The Labute approximate surface area is 116 Å². The summed E-state index contributed by atoms with van der Waals surface area (Å²) in [5.74, 6) is 0.180. The van der Waals surface area contributed by atoms with Crippen LogP contribution in [0.1, 0.15) is 42.1 Å². The number of nitrogens with one attached hydrogen (secondary N) is 1. The van der Waals surface area contributed by atoms with Crippen LogP contribution in [0.2, 0.25) is 0 Å². The molecule has 1 fully saturated rings. The quantitative estimate of drug-likeness (QED) is 0.902. The molecule has 1 aliphatic rings. The molecular formula is C16H24N2O. The van der Waals surface area contributed by atoms with Gasteiger partial charge >= 0.3 is 0 Å². The van der Waals surface area contributed by atoms with Gasteiger partial charge in [-0.15, -0.1) is 0 Å². The first-order chi connectivity index (χ1) is 9.22. The van der Waals surface area contributed by atoms with Crippen molar-refractivity contribution in [1.29, 1.82) is 0 Å². The van der Waals surface area contributed by atoms with Crippen LogP contribution in [0.4, 0.5) is 0 Å². The van der Waals surface area contributed by atoms with Crippen molar-refractivity contribution < 1.29 is 4.79 Å². The van der Waals surface area contributed by atoms with Gasteiger partial charge in [0.25, 0.3) is 5.91 Å². The fourth-order valence-corrected chi connectivity index (χ4v) is 2.73. The molecule has 0 spiro atoms. The lowest BCUT2D eigenvalue weighted by Gasteiger charge is -2.34. The highest BCUT2D eigenvalue weighted by Crippen LogP contribution is 2.16. The van der Waals surface area contributed by atoms with Gasteiger partial charge in [0.05, 0.1) is 0 Å². The molecule has 1 saturated heterocycles. The third-order valence-electron chi connectivity index (χ3n) is 3.70. The lowest BCUT2D eigenvalue weighted by molar-refractivity contribution is 0.0649. The summed E-state index contributed by atoms with van der Waals surface area (Å²) < 4.78 is 0. The van der Waals surface area contributed by atoms with E-state index >= 15 is 0 Å². The second kappa shape index (κ2) is 6.71. The number of amides is 1. The van der Waals surface area contributed by atoms with Crippen molar-refractivity contribution in [3.8, 4) is 0 Å². The van der Waals surface area contributed by atoms with Crippen LogP contribution in [0.3, 0.4) is 0 Å². The highest BCUT2D eigenvalue weighted by atomic mass is 16.2. The van der Waals surface area contributed by atoms with Crippen LogP contribution >= 0.6 is 0 Å². The van der Waals surface area contributed by atoms with Crippen LogP contribution in [-0.2, 0) is 0 Å². The van der Waals surface area contributed by atoms with Crippen molar-refractivity contribution in [2.24, 2.45) is 0 Å². The van der Waals surface area contributed by atoms with Crippen molar-refractivity contribution in [2.75, 3.05) is 19.6 Å². The zero-order valence-corrected chi connectivity index (χ0v) is 12.0. The minimum atomic E-state index is 0.180. The highest BCUT2D eigenvalue weighted by molar-refractivity contribution is 5.94. The van der Waals surface area contributed by atoms with E-state index in [-0.39, 0.29) is 5.91 Å². The highest BCUT2D eigenvalue weighted by Gasteiger charge is 2.25. The van der Waals surface area contributed by atoms with Gasteiger partial charge in [0.2, 0.25) is 0 Å². The molecule has 0 bridgehead atoms. The maximum atomic E-state index is 12.7. The molecule has 1 amide bonds. The minimum Gasteiger partial charge on any atom is -0.334 e. The summed E-state index contributed by atoms with van der Waals surface area (Å²) >= 11 is 0. The Balaban J connectivity index is 2.15. The molecule has 1 N–H and O–H groups in total. The Bertz CT molecular complexity index is 425. The summed E-state index contributed by atoms with van der Waals surface area (Å²) in [6.45, 7) is 7.02. The Hall–Kier alpha value is -1.35. The van der Waals surface area contributed by atoms with E-state index in [1.54, 1.807) is 0 Å². The molecule has 1 unspecified atom stereocenters. The number of nitrogens with zero attached hydrogens (tertiary/aromatic N) is 1. The third-order valence-corrected chi connectivity index (χ3v) is 3.70. The second-order valence-electron chi connectivity index (χ2n) is 5.37. The van der Waals surface area contributed by atoms with Crippen LogP contribution in [0.25, 0.3) is 0 Å². The molecule has 3 heteroatoms. The predicted molar refractivity (Wildman–Crippen MR) is 78.4 cm³/mol. The number of piperidine rings is 1. The predicted octanol–water partition coefficient (Wildman–Crippen LogP) is 2.60. The molecule has 19 heavy (non-hydrogen) atoms. The number of carbonyl (C=O) groups excluding carboxylic acids is 1. The average molecular weight is 260 g/mol. The molecule has 1 aliphatic heterocycles. The van der Waals surface area contributed by atoms with Gasteiger partial charge in [-0.05, 0) is 44.9 Å². The van der Waals surface area contributed by atoms with Crippen LogP contribution in [0, 0.1) is 6.92 Å². The van der Waals surface area contributed by atoms with E-state index in [9.17, 15) is 4.79 Å². The minimum absolute atomic E-state index is 0.180. The van der Waals surface area contributed by atoms with Crippen LogP contribution < -0.4 is 5.32 Å². The fourth-order valence-electron chi connectivity index (χ4n) is 2.73. The SMILES string of the molecule is CCCN(C(=O)c1cccc(C)c1)C1CCCNC1. The molecule has 1 aromatic rings. The van der Waals surface area contributed by atoms with E-state index in [1.165, 1.54) is 0 Å². The number of aryl methyl sites for hydroxylation is 1. The Morgan fingerprint density at radius 2 is 2.32 bits per heavy atom. The van der Waals surface area contributed by atoms with E-state index in [0.29, 0.717) is 6.04 Å². The summed E-state index contributed by atoms with van der Waals surface area (Å²) in [6.07, 6.45) is 3.28. The molecule has 1 atom stereocenters. The third kappa shape index (κ3) is 3.57. The number of hydrogen-bond donors (Lipinski definition) is 1. The molecule has 3 nitrogen and oxygen atoms in total. The van der Waals surface area contributed by atoms with Gasteiger partial charge in [-0.1, -0.05) is 24.6 Å². The van der Waals surface area contributed by atoms with E-state index in [0.717, 1.165) is 50.0 Å². The zero-order valence-electron chi connectivity index (χ0n) is 12.0. The standard InChI is InChI=1S/C16H24N2O/c1-3-10-18(15-8-5-9-17-12-15)16(19)14-7-4-6-13(2)11-14/h4,6-7,11,15,17H,3,5,8-10,12H2,1-2H3. The Morgan fingerprint density at radius 1 is 1.47 bits per heavy atom. The molecule has 0 radical (unpaired) electrons. The summed E-state index contributed by atoms with van der Waals surface area (Å²) in [5, 5.41) is 3.40. The van der Waals surface area contributed by atoms with Crippen molar-refractivity contribution in [1.82, 2.24) is 10.2 Å². The van der Waals surface area contributed by atoms with E-state index in [4.69, 9.17) is 0 Å². The molecule has 1 heterocycles. The van der Waals surface area contributed by atoms with Crippen molar-refractivity contribution in [3.63, 3.8) is 0 Å². The normalized spacial score (nSPS) is 19.2. The average Bonchev–Trinajstić information content (AvgIpc) is 2.45. The largest absolute Gasteiger partial charge is 0.334 e. The molecule has 104 valence electrons. The lowest BCUT2D eigenvalue weighted by atomic mass is 10.0. The summed E-state index contributed by atoms with van der Waals surface area (Å²) in [5.41, 5.74) is 1.96. The maximum absolute atomic E-state index is 12.7. The molecule has 0 aromatic heterocycles. The van der Waals surface area contributed by atoms with Crippen LogP contribution in [0.5, 0.6) is 0 Å². The molecule has 2 rings (SSSR count). The number of carbonyl (C=O) groups is 1. The number of benzene rings is 1. The lowest BCUT2D eigenvalue weighted by Crippen LogP contribution is -2.49. The first-order valence-corrected chi connectivity index (χ1v) is 7.30. The first-order valence-electron chi connectivity index (χ1n) is 7.30. The van der Waals surface area contributed by atoms with Crippen molar-refractivity contribution >= 4 is 5.91 Å². The van der Waals surface area contributed by atoms with E-state index in [1.807, 2.05) is 31.2 Å². The summed E-state index contributed by atoms with van der Waals surface area (Å²) in [6, 6.07) is 8.26. The van der Waals surface area contributed by atoms with E-state index in [2.05, 4.69) is 17.1 Å². The number of hydrogen-bond acceptors (Lipinski definition) is 2.